The summed E-state index contributed by atoms with van der Waals surface area (Å²) >= 11 is 2.76. The monoisotopic (exact) mass is 459 g/mol. The zero-order valence-corrected chi connectivity index (χ0v) is 19.5. The van der Waals surface area contributed by atoms with Gasteiger partial charge in [0.2, 0.25) is 5.91 Å². The second-order valence-corrected chi connectivity index (χ2v) is 9.48. The predicted octanol–water partition coefficient (Wildman–Crippen LogP) is 6.27. The molecule has 160 valence electrons. The summed E-state index contributed by atoms with van der Waals surface area (Å²) in [4.78, 5) is 17.6. The molecule has 0 aliphatic carbocycles. The Morgan fingerprint density at radius 1 is 1.22 bits per heavy atom. The van der Waals surface area contributed by atoms with E-state index >= 15 is 0 Å². The summed E-state index contributed by atoms with van der Waals surface area (Å²) < 4.78 is 5.20. The molecule has 2 heterocycles. The van der Waals surface area contributed by atoms with E-state index in [1.165, 1.54) is 23.1 Å². The summed E-state index contributed by atoms with van der Waals surface area (Å²) in [6.07, 6.45) is 0. The first-order valence-electron chi connectivity index (χ1n) is 10.00. The van der Waals surface area contributed by atoms with Gasteiger partial charge in [-0.3, -0.25) is 4.79 Å². The number of carbonyl (C=O) groups is 1. The highest BCUT2D eigenvalue weighted by molar-refractivity contribution is 8.00. The second kappa shape index (κ2) is 9.43. The number of nitrogens with one attached hydrogen (secondary N) is 1. The van der Waals surface area contributed by atoms with Gasteiger partial charge in [0.05, 0.1) is 28.5 Å². The molecule has 0 radical (unpaired) electrons. The Labute approximate surface area is 195 Å². The number of rotatable bonds is 6. The average Bonchev–Trinajstić information content (AvgIpc) is 3.21. The van der Waals surface area contributed by atoms with Crippen molar-refractivity contribution in [2.75, 3.05) is 12.4 Å². The fourth-order valence-electron chi connectivity index (χ4n) is 3.37. The zero-order valence-electron chi connectivity index (χ0n) is 17.9. The summed E-state index contributed by atoms with van der Waals surface area (Å²) in [5, 5.41) is 16.6. The molecule has 32 heavy (non-hydrogen) atoms. The van der Waals surface area contributed by atoms with Gasteiger partial charge in [-0.25, -0.2) is 4.98 Å². The number of pyridine rings is 1. The van der Waals surface area contributed by atoms with E-state index in [1.807, 2.05) is 73.8 Å². The third-order valence-corrected chi connectivity index (χ3v) is 7.02. The first-order valence-corrected chi connectivity index (χ1v) is 11.8. The summed E-state index contributed by atoms with van der Waals surface area (Å²) in [5.74, 6) is 0.585. The van der Waals surface area contributed by atoms with Gasteiger partial charge in [0.1, 0.15) is 16.8 Å². The number of fused-ring (bicyclic) bond motifs is 1. The van der Waals surface area contributed by atoms with E-state index in [-0.39, 0.29) is 11.2 Å². The molecule has 0 aliphatic rings. The van der Waals surface area contributed by atoms with Crippen molar-refractivity contribution in [2.24, 2.45) is 0 Å². The Kier molecular flexibility index (Phi) is 6.45. The lowest BCUT2D eigenvalue weighted by molar-refractivity contribution is -0.115. The molecule has 2 aromatic carbocycles. The molecule has 5 nitrogen and oxygen atoms in total. The van der Waals surface area contributed by atoms with Crippen molar-refractivity contribution in [3.63, 3.8) is 0 Å². The number of methoxy groups -OCH3 is 1. The molecule has 2 aromatic heterocycles. The fraction of sp³-hybridized carbons (Fsp3) is 0.160. The number of carbonyl (C=O) groups excluding carboxylic acids is 1. The highest BCUT2D eigenvalue weighted by Gasteiger charge is 2.20. The standard InChI is InChI=1S/C25H21N3O2S2/c1-15-12-23(27-22-7-5-4-6-19(15)22)32-16(2)24(29)28-25-20(13-26)21(14-31-25)17-8-10-18(30-3)11-9-17/h4-12,14,16H,1-3H3,(H,28,29). The molecular formula is C25H21N3O2S2. The fourth-order valence-corrected chi connectivity index (χ4v) is 5.22. The Hall–Kier alpha value is -3.34. The minimum atomic E-state index is -0.374. The van der Waals surface area contributed by atoms with Crippen LogP contribution in [0, 0.1) is 18.3 Å². The van der Waals surface area contributed by atoms with E-state index in [1.54, 1.807) is 7.11 Å². The van der Waals surface area contributed by atoms with Crippen molar-refractivity contribution in [2.45, 2.75) is 24.1 Å². The number of ether oxygens (including phenoxy) is 1. The van der Waals surface area contributed by atoms with Crippen LogP contribution in [0.15, 0.2) is 65.0 Å². The molecule has 7 heteroatoms. The smallest absolute Gasteiger partial charge is 0.238 e. The molecule has 0 aliphatic heterocycles. The molecule has 0 spiro atoms. The molecule has 0 fully saturated rings. The first-order chi connectivity index (χ1) is 15.5. The number of para-hydroxylation sites is 1. The minimum absolute atomic E-state index is 0.165. The molecule has 0 saturated carbocycles. The van der Waals surface area contributed by atoms with Gasteiger partial charge >= 0.3 is 0 Å². The maximum atomic E-state index is 12.9. The van der Waals surface area contributed by atoms with Crippen LogP contribution in [0.3, 0.4) is 0 Å². The summed E-state index contributed by atoms with van der Waals surface area (Å²) in [6.45, 7) is 3.89. The maximum Gasteiger partial charge on any atom is 0.238 e. The Morgan fingerprint density at radius 2 is 1.97 bits per heavy atom. The highest BCUT2D eigenvalue weighted by Crippen LogP contribution is 2.36. The SMILES string of the molecule is COc1ccc(-c2csc(NC(=O)C(C)Sc3cc(C)c4ccccc4n3)c2C#N)cc1. The van der Waals surface area contributed by atoms with Crippen LogP contribution >= 0.6 is 23.1 Å². The third-order valence-electron chi connectivity index (χ3n) is 5.11. The van der Waals surface area contributed by atoms with Gasteiger partial charge in [-0.15, -0.1) is 11.3 Å². The number of amides is 1. The molecule has 4 rings (SSSR count). The zero-order chi connectivity index (χ0) is 22.7. The van der Waals surface area contributed by atoms with Crippen molar-refractivity contribution in [1.29, 1.82) is 5.26 Å². The molecule has 1 atom stereocenters. The van der Waals surface area contributed by atoms with Crippen molar-refractivity contribution in [1.82, 2.24) is 4.98 Å². The molecule has 1 N–H and O–H groups in total. The number of hydrogen-bond acceptors (Lipinski definition) is 6. The molecule has 1 unspecified atom stereocenters. The lowest BCUT2D eigenvalue weighted by Crippen LogP contribution is -2.22. The van der Waals surface area contributed by atoms with Crippen molar-refractivity contribution in [3.05, 3.63) is 71.1 Å². The topological polar surface area (TPSA) is 75.0 Å². The first kappa shape index (κ1) is 21.9. The predicted molar refractivity (Wildman–Crippen MR) is 131 cm³/mol. The molecule has 4 aromatic rings. The van der Waals surface area contributed by atoms with E-state index in [2.05, 4.69) is 16.4 Å². The van der Waals surface area contributed by atoms with Gasteiger partial charge in [0.15, 0.2) is 0 Å². The quantitative estimate of drug-likeness (QED) is 0.344. The summed E-state index contributed by atoms with van der Waals surface area (Å²) in [6, 6.07) is 19.7. The van der Waals surface area contributed by atoms with Gasteiger partial charge in [0, 0.05) is 16.3 Å². The van der Waals surface area contributed by atoms with Crippen LogP contribution in [0.1, 0.15) is 18.1 Å². The van der Waals surface area contributed by atoms with Crippen LogP contribution in [0.5, 0.6) is 5.75 Å². The summed E-state index contributed by atoms with van der Waals surface area (Å²) in [5.41, 5.74) is 4.20. The minimum Gasteiger partial charge on any atom is -0.497 e. The maximum absolute atomic E-state index is 12.9. The number of hydrogen-bond donors (Lipinski definition) is 1. The second-order valence-electron chi connectivity index (χ2n) is 7.24. The van der Waals surface area contributed by atoms with E-state index in [0.29, 0.717) is 10.6 Å². The van der Waals surface area contributed by atoms with Crippen LogP contribution in [0.25, 0.3) is 22.0 Å². The molecule has 0 saturated heterocycles. The van der Waals surface area contributed by atoms with Gasteiger partial charge in [-0.2, -0.15) is 5.26 Å². The number of aryl methyl sites for hydroxylation is 1. The van der Waals surface area contributed by atoms with E-state index in [4.69, 9.17) is 4.74 Å². The lowest BCUT2D eigenvalue weighted by Gasteiger charge is -2.12. The van der Waals surface area contributed by atoms with Gasteiger partial charge in [-0.05, 0) is 49.2 Å². The number of benzene rings is 2. The van der Waals surface area contributed by atoms with Crippen molar-refractivity contribution >= 4 is 44.9 Å². The third kappa shape index (κ3) is 4.47. The number of aromatic nitrogens is 1. The molecule has 1 amide bonds. The number of thioether (sulfide) groups is 1. The van der Waals surface area contributed by atoms with Crippen LogP contribution < -0.4 is 10.1 Å². The lowest BCUT2D eigenvalue weighted by atomic mass is 10.0. The van der Waals surface area contributed by atoms with Gasteiger partial charge in [-0.1, -0.05) is 42.1 Å². The van der Waals surface area contributed by atoms with Crippen LogP contribution in [-0.4, -0.2) is 23.3 Å². The van der Waals surface area contributed by atoms with E-state index in [0.717, 1.165) is 38.4 Å². The largest absolute Gasteiger partial charge is 0.497 e. The van der Waals surface area contributed by atoms with E-state index in [9.17, 15) is 10.1 Å². The van der Waals surface area contributed by atoms with E-state index < -0.39 is 0 Å². The normalized spacial score (nSPS) is 11.7. The van der Waals surface area contributed by atoms with Crippen molar-refractivity contribution < 1.29 is 9.53 Å². The van der Waals surface area contributed by atoms with Crippen LogP contribution in [-0.2, 0) is 4.79 Å². The molecular weight excluding hydrogens is 438 g/mol. The van der Waals surface area contributed by atoms with Crippen LogP contribution in [0.4, 0.5) is 5.00 Å². The average molecular weight is 460 g/mol. The number of thiophene rings is 1. The van der Waals surface area contributed by atoms with Crippen molar-refractivity contribution in [3.8, 4) is 22.9 Å². The Bertz CT molecular complexity index is 1320. The number of nitriles is 1. The summed E-state index contributed by atoms with van der Waals surface area (Å²) in [7, 11) is 1.61. The van der Waals surface area contributed by atoms with Gasteiger partial charge in [0.25, 0.3) is 0 Å². The Balaban J connectivity index is 1.51. The number of nitrogens with zero attached hydrogens (tertiary/aromatic N) is 2. The Morgan fingerprint density at radius 3 is 2.69 bits per heavy atom. The number of anilines is 1. The van der Waals surface area contributed by atoms with Crippen LogP contribution in [0.2, 0.25) is 0 Å². The van der Waals surface area contributed by atoms with Gasteiger partial charge < -0.3 is 10.1 Å². The molecule has 0 bridgehead atoms. The highest BCUT2D eigenvalue weighted by atomic mass is 32.2.